The second-order valence-corrected chi connectivity index (χ2v) is 8.74. The van der Waals surface area contributed by atoms with Crippen molar-refractivity contribution in [2.45, 2.75) is 77.0 Å². The Hall–Kier alpha value is -1.72. The highest BCUT2D eigenvalue weighted by Crippen LogP contribution is 2.46. The molecule has 6 nitrogen and oxygen atoms in total. The highest BCUT2D eigenvalue weighted by atomic mass is 16.2. The molecule has 26 heavy (non-hydrogen) atoms. The minimum absolute atomic E-state index is 0.0753. The predicted molar refractivity (Wildman–Crippen MR) is 93.7 cm³/mol. The van der Waals surface area contributed by atoms with Crippen LogP contribution in [0.25, 0.3) is 0 Å². The van der Waals surface area contributed by atoms with E-state index in [-0.39, 0.29) is 36.7 Å². The summed E-state index contributed by atoms with van der Waals surface area (Å²) >= 11 is 0. The lowest BCUT2D eigenvalue weighted by atomic mass is 9.73. The second kappa shape index (κ2) is 6.46. The summed E-state index contributed by atoms with van der Waals surface area (Å²) in [4.78, 5) is 53.3. The van der Waals surface area contributed by atoms with Crippen LogP contribution in [0.5, 0.6) is 0 Å². The number of imide groups is 2. The largest absolute Gasteiger partial charge is 0.280 e. The maximum Gasteiger partial charge on any atom is 0.235 e. The number of nitrogens with zero attached hydrogens (tertiary/aromatic N) is 2. The molecule has 4 amide bonds. The van der Waals surface area contributed by atoms with Gasteiger partial charge in [0.05, 0.1) is 10.8 Å². The summed E-state index contributed by atoms with van der Waals surface area (Å²) in [5.41, 5.74) is -1.00. The van der Waals surface area contributed by atoms with Gasteiger partial charge >= 0.3 is 0 Å². The molecule has 2 heterocycles. The minimum atomic E-state index is -0.501. The molecule has 0 aromatic carbocycles. The van der Waals surface area contributed by atoms with E-state index in [1.807, 2.05) is 0 Å². The summed E-state index contributed by atoms with van der Waals surface area (Å²) in [5, 5.41) is 0. The van der Waals surface area contributed by atoms with Gasteiger partial charge in [-0.25, -0.2) is 0 Å². The standard InChI is InChI=1S/C20H28N2O4/c23-15-13-19(7-3-1-4-8-19)17(25)21(15)11-12-22-16(24)14-20(18(22)26)9-5-2-6-10-20/h1-14H2. The fourth-order valence-electron chi connectivity index (χ4n) is 5.61. The average Bonchev–Trinajstić information content (AvgIpc) is 2.99. The molecule has 0 aromatic heterocycles. The van der Waals surface area contributed by atoms with E-state index >= 15 is 0 Å². The smallest absolute Gasteiger partial charge is 0.235 e. The van der Waals surface area contributed by atoms with E-state index in [0.29, 0.717) is 12.8 Å². The molecule has 142 valence electrons. The molecule has 0 N–H and O–H groups in total. The molecular weight excluding hydrogens is 332 g/mol. The molecule has 2 aliphatic carbocycles. The van der Waals surface area contributed by atoms with Gasteiger partial charge in [0.1, 0.15) is 0 Å². The monoisotopic (exact) mass is 360 g/mol. The third-order valence-corrected chi connectivity index (χ3v) is 7.15. The predicted octanol–water partition coefficient (Wildman–Crippen LogP) is 2.41. The van der Waals surface area contributed by atoms with E-state index in [0.717, 1.165) is 64.2 Å². The summed E-state index contributed by atoms with van der Waals surface area (Å²) < 4.78 is 0. The maximum absolute atomic E-state index is 12.9. The van der Waals surface area contributed by atoms with Gasteiger partial charge in [-0.2, -0.15) is 0 Å². The summed E-state index contributed by atoms with van der Waals surface area (Å²) in [7, 11) is 0. The molecule has 4 fully saturated rings. The summed E-state index contributed by atoms with van der Waals surface area (Å²) in [6.07, 6.45) is 10.0. The zero-order valence-corrected chi connectivity index (χ0v) is 15.4. The zero-order chi connectivity index (χ0) is 18.4. The molecule has 0 unspecified atom stereocenters. The Morgan fingerprint density at radius 1 is 0.577 bits per heavy atom. The van der Waals surface area contributed by atoms with Gasteiger partial charge in [0.25, 0.3) is 0 Å². The van der Waals surface area contributed by atoms with Crippen LogP contribution in [0.3, 0.4) is 0 Å². The number of amides is 4. The van der Waals surface area contributed by atoms with Gasteiger partial charge < -0.3 is 0 Å². The Balaban J connectivity index is 1.42. The minimum Gasteiger partial charge on any atom is -0.280 e. The van der Waals surface area contributed by atoms with Gasteiger partial charge in [-0.3, -0.25) is 29.0 Å². The molecule has 0 radical (unpaired) electrons. The van der Waals surface area contributed by atoms with Crippen molar-refractivity contribution in [1.82, 2.24) is 9.80 Å². The number of hydrogen-bond acceptors (Lipinski definition) is 4. The normalized spacial score (nSPS) is 28.0. The van der Waals surface area contributed by atoms with Gasteiger partial charge in [-0.05, 0) is 25.7 Å². The van der Waals surface area contributed by atoms with Gasteiger partial charge in [0.2, 0.25) is 23.6 Å². The Bertz CT molecular complexity index is 588. The van der Waals surface area contributed by atoms with Crippen LogP contribution in [-0.2, 0) is 19.2 Å². The molecular formula is C20H28N2O4. The van der Waals surface area contributed by atoms with Gasteiger partial charge in [-0.15, -0.1) is 0 Å². The van der Waals surface area contributed by atoms with E-state index in [1.54, 1.807) is 0 Å². The molecule has 4 rings (SSSR count). The highest BCUT2D eigenvalue weighted by Gasteiger charge is 2.53. The quantitative estimate of drug-likeness (QED) is 0.725. The van der Waals surface area contributed by atoms with Crippen LogP contribution < -0.4 is 0 Å². The van der Waals surface area contributed by atoms with Gasteiger partial charge in [0.15, 0.2) is 0 Å². The lowest BCUT2D eigenvalue weighted by molar-refractivity contribution is -0.147. The summed E-state index contributed by atoms with van der Waals surface area (Å²) in [5.74, 6) is -0.422. The molecule has 0 aromatic rings. The fourth-order valence-corrected chi connectivity index (χ4v) is 5.61. The topological polar surface area (TPSA) is 74.8 Å². The highest BCUT2D eigenvalue weighted by molar-refractivity contribution is 6.07. The molecule has 0 bridgehead atoms. The van der Waals surface area contributed by atoms with Crippen LogP contribution >= 0.6 is 0 Å². The third kappa shape index (κ3) is 2.69. The number of rotatable bonds is 3. The van der Waals surface area contributed by atoms with E-state index in [1.165, 1.54) is 9.80 Å². The lowest BCUT2D eigenvalue weighted by Crippen LogP contribution is -2.44. The molecule has 4 aliphatic rings. The molecule has 2 aliphatic heterocycles. The Morgan fingerprint density at radius 3 is 1.27 bits per heavy atom. The van der Waals surface area contributed by atoms with Crippen molar-refractivity contribution in [3.8, 4) is 0 Å². The van der Waals surface area contributed by atoms with E-state index in [4.69, 9.17) is 0 Å². The number of carbonyl (C=O) groups is 4. The second-order valence-electron chi connectivity index (χ2n) is 8.74. The van der Waals surface area contributed by atoms with Crippen LogP contribution in [-0.4, -0.2) is 46.5 Å². The van der Waals surface area contributed by atoms with Gasteiger partial charge in [-0.1, -0.05) is 38.5 Å². The van der Waals surface area contributed by atoms with Crippen molar-refractivity contribution in [1.29, 1.82) is 0 Å². The van der Waals surface area contributed by atoms with Crippen LogP contribution in [0.4, 0.5) is 0 Å². The van der Waals surface area contributed by atoms with E-state index in [2.05, 4.69) is 0 Å². The molecule has 0 atom stereocenters. The average molecular weight is 360 g/mol. The van der Waals surface area contributed by atoms with Crippen LogP contribution in [0.1, 0.15) is 77.0 Å². The maximum atomic E-state index is 12.9. The summed E-state index contributed by atoms with van der Waals surface area (Å²) in [6.45, 7) is 0.319. The zero-order valence-electron chi connectivity index (χ0n) is 15.4. The lowest BCUT2D eigenvalue weighted by Gasteiger charge is -2.31. The summed E-state index contributed by atoms with van der Waals surface area (Å²) in [6, 6.07) is 0. The van der Waals surface area contributed by atoms with Crippen molar-refractivity contribution in [2.75, 3.05) is 13.1 Å². The first-order valence-corrected chi connectivity index (χ1v) is 10.2. The van der Waals surface area contributed by atoms with Crippen LogP contribution in [0, 0.1) is 10.8 Å². The number of carbonyl (C=O) groups excluding carboxylic acids is 4. The van der Waals surface area contributed by atoms with Crippen molar-refractivity contribution >= 4 is 23.6 Å². The van der Waals surface area contributed by atoms with Crippen molar-refractivity contribution < 1.29 is 19.2 Å². The molecule has 2 saturated carbocycles. The first-order chi connectivity index (χ1) is 12.5. The first kappa shape index (κ1) is 17.7. The molecule has 6 heteroatoms. The van der Waals surface area contributed by atoms with Crippen molar-refractivity contribution in [2.24, 2.45) is 10.8 Å². The molecule has 2 spiro atoms. The number of likely N-dealkylation sites (tertiary alicyclic amines) is 2. The first-order valence-electron chi connectivity index (χ1n) is 10.2. The van der Waals surface area contributed by atoms with Crippen molar-refractivity contribution in [3.63, 3.8) is 0 Å². The fraction of sp³-hybridized carbons (Fsp3) is 0.800. The molecule has 2 saturated heterocycles. The SMILES string of the molecule is O=C1CC2(CCCCC2)C(=O)N1CCN1C(=O)CC2(CCCCC2)C1=O. The van der Waals surface area contributed by atoms with E-state index < -0.39 is 10.8 Å². The van der Waals surface area contributed by atoms with Crippen molar-refractivity contribution in [3.05, 3.63) is 0 Å². The van der Waals surface area contributed by atoms with Gasteiger partial charge in [0, 0.05) is 25.9 Å². The van der Waals surface area contributed by atoms with Crippen LogP contribution in [0.15, 0.2) is 0 Å². The Morgan fingerprint density at radius 2 is 0.923 bits per heavy atom. The Labute approximate surface area is 154 Å². The Kier molecular flexibility index (Phi) is 4.40. The number of hydrogen-bond donors (Lipinski definition) is 0. The van der Waals surface area contributed by atoms with Crippen LogP contribution in [0.2, 0.25) is 0 Å². The van der Waals surface area contributed by atoms with E-state index in [9.17, 15) is 19.2 Å². The third-order valence-electron chi connectivity index (χ3n) is 7.15.